The van der Waals surface area contributed by atoms with Gasteiger partial charge in [0.05, 0.1) is 23.5 Å². The van der Waals surface area contributed by atoms with Crippen molar-refractivity contribution in [2.45, 2.75) is 20.0 Å². The molecule has 0 saturated heterocycles. The molecule has 0 N–H and O–H groups in total. The van der Waals surface area contributed by atoms with Gasteiger partial charge in [-0.1, -0.05) is 12.1 Å². The van der Waals surface area contributed by atoms with E-state index in [1.165, 1.54) is 0 Å². The lowest BCUT2D eigenvalue weighted by Gasteiger charge is -2.29. The third kappa shape index (κ3) is 2.23. The summed E-state index contributed by atoms with van der Waals surface area (Å²) in [7, 11) is 1.96. The molecule has 0 unspecified atom stereocenters. The molecule has 140 valence electrons. The number of rotatable bonds is 1. The minimum absolute atomic E-state index is 0.0568. The normalized spacial score (nSPS) is 15.6. The quantitative estimate of drug-likeness (QED) is 0.400. The highest BCUT2D eigenvalue weighted by atomic mass is 16.3. The van der Waals surface area contributed by atoms with Crippen LogP contribution in [0, 0.1) is 24.8 Å². The number of nitriles is 1. The Morgan fingerprint density at radius 1 is 1.21 bits per heavy atom. The molecule has 0 amide bonds. The van der Waals surface area contributed by atoms with Crippen molar-refractivity contribution in [1.29, 1.82) is 5.26 Å². The number of hydrogen-bond acceptors (Lipinski definition) is 5. The third-order valence-electron chi connectivity index (χ3n) is 5.72. The fraction of sp³-hybridized carbons (Fsp3) is 0.174. The number of nitrogens with zero attached hydrogens (tertiary/aromatic N) is 5. The first-order valence-corrected chi connectivity index (χ1v) is 9.29. The standard InChI is InChI=1S/C23H17N5O/c1-13-10-17-16-6-5-9-26-23(16)29-20(17)11-19(13)28-14(2)27(4)21-15(12-24)7-8-18(25-3)22(21)28/h5-11,14H,1-2,4H3/t14-/m0/s1. The van der Waals surface area contributed by atoms with Crippen molar-refractivity contribution in [2.24, 2.45) is 0 Å². The number of hydrogen-bond donors (Lipinski definition) is 0. The van der Waals surface area contributed by atoms with Gasteiger partial charge in [0.25, 0.3) is 0 Å². The molecule has 6 heteroatoms. The van der Waals surface area contributed by atoms with E-state index in [4.69, 9.17) is 11.0 Å². The minimum atomic E-state index is -0.0568. The predicted molar refractivity (Wildman–Crippen MR) is 114 cm³/mol. The van der Waals surface area contributed by atoms with Gasteiger partial charge in [-0.15, -0.1) is 0 Å². The summed E-state index contributed by atoms with van der Waals surface area (Å²) in [6.45, 7) is 11.8. The summed E-state index contributed by atoms with van der Waals surface area (Å²) < 4.78 is 5.99. The lowest BCUT2D eigenvalue weighted by atomic mass is 10.1. The first kappa shape index (κ1) is 17.1. The number of anilines is 3. The van der Waals surface area contributed by atoms with Crippen molar-refractivity contribution in [3.05, 3.63) is 65.1 Å². The van der Waals surface area contributed by atoms with Crippen molar-refractivity contribution in [2.75, 3.05) is 16.8 Å². The molecule has 0 fully saturated rings. The molecule has 0 radical (unpaired) electrons. The highest BCUT2D eigenvalue weighted by Gasteiger charge is 2.36. The largest absolute Gasteiger partial charge is 0.438 e. The van der Waals surface area contributed by atoms with Crippen LogP contribution >= 0.6 is 0 Å². The molecule has 29 heavy (non-hydrogen) atoms. The van der Waals surface area contributed by atoms with Crippen LogP contribution in [-0.4, -0.2) is 18.2 Å². The van der Waals surface area contributed by atoms with E-state index in [1.807, 2.05) is 30.1 Å². The van der Waals surface area contributed by atoms with Crippen LogP contribution in [0.1, 0.15) is 18.1 Å². The number of aromatic nitrogens is 1. The monoisotopic (exact) mass is 379 g/mol. The molecule has 0 aliphatic carbocycles. The molecule has 3 heterocycles. The maximum Gasteiger partial charge on any atom is 0.227 e. The average molecular weight is 379 g/mol. The number of aryl methyl sites for hydroxylation is 1. The maximum atomic E-state index is 9.61. The molecular weight excluding hydrogens is 362 g/mol. The van der Waals surface area contributed by atoms with Crippen molar-refractivity contribution in [1.82, 2.24) is 4.98 Å². The van der Waals surface area contributed by atoms with Crippen LogP contribution < -0.4 is 9.80 Å². The zero-order chi connectivity index (χ0) is 20.3. The number of benzene rings is 2. The van der Waals surface area contributed by atoms with Crippen LogP contribution in [0.15, 0.2) is 47.0 Å². The van der Waals surface area contributed by atoms with Crippen LogP contribution in [0.25, 0.3) is 26.9 Å². The summed E-state index contributed by atoms with van der Waals surface area (Å²) in [4.78, 5) is 12.2. The number of fused-ring (bicyclic) bond motifs is 4. The Kier molecular flexibility index (Phi) is 3.53. The molecule has 2 aromatic heterocycles. The molecule has 5 rings (SSSR count). The predicted octanol–water partition coefficient (Wildman–Crippen LogP) is 5.65. The van der Waals surface area contributed by atoms with E-state index >= 15 is 0 Å². The Labute approximate surface area is 168 Å². The fourth-order valence-corrected chi connectivity index (χ4v) is 4.23. The van der Waals surface area contributed by atoms with Crippen LogP contribution in [-0.2, 0) is 0 Å². The lowest BCUT2D eigenvalue weighted by molar-refractivity contribution is 0.653. The van der Waals surface area contributed by atoms with Crippen LogP contribution in [0.2, 0.25) is 0 Å². The molecule has 0 saturated carbocycles. The molecule has 4 aromatic rings. The van der Waals surface area contributed by atoms with Gasteiger partial charge in [0, 0.05) is 35.8 Å². The van der Waals surface area contributed by atoms with Gasteiger partial charge in [-0.3, -0.25) is 0 Å². The average Bonchev–Trinajstić information content (AvgIpc) is 3.22. The molecule has 1 aliphatic heterocycles. The van der Waals surface area contributed by atoms with Crippen LogP contribution in [0.4, 0.5) is 22.7 Å². The van der Waals surface area contributed by atoms with Crippen molar-refractivity contribution >= 4 is 44.8 Å². The fourth-order valence-electron chi connectivity index (χ4n) is 4.23. The zero-order valence-electron chi connectivity index (χ0n) is 16.3. The first-order valence-electron chi connectivity index (χ1n) is 9.29. The summed E-state index contributed by atoms with van der Waals surface area (Å²) >= 11 is 0. The summed E-state index contributed by atoms with van der Waals surface area (Å²) in [5, 5.41) is 11.6. The first-order chi connectivity index (χ1) is 14.0. The maximum absolute atomic E-state index is 9.61. The SMILES string of the molecule is [C-]#[N+]c1ccc(C#N)c2c1N(c1cc3oc4ncccc4c3cc1C)[C@@H](C)N2C. The van der Waals surface area contributed by atoms with Gasteiger partial charge < -0.3 is 14.2 Å². The summed E-state index contributed by atoms with van der Waals surface area (Å²) in [6.07, 6.45) is 1.66. The lowest BCUT2D eigenvalue weighted by Crippen LogP contribution is -2.36. The van der Waals surface area contributed by atoms with Crippen LogP contribution in [0.3, 0.4) is 0 Å². The third-order valence-corrected chi connectivity index (χ3v) is 5.72. The van der Waals surface area contributed by atoms with Crippen LogP contribution in [0.5, 0.6) is 0 Å². The second-order valence-electron chi connectivity index (χ2n) is 7.26. The smallest absolute Gasteiger partial charge is 0.227 e. The van der Waals surface area contributed by atoms with Gasteiger partial charge in [0.1, 0.15) is 17.8 Å². The second kappa shape index (κ2) is 5.98. The second-order valence-corrected chi connectivity index (χ2v) is 7.26. The summed E-state index contributed by atoms with van der Waals surface area (Å²) in [6, 6.07) is 13.7. The van der Waals surface area contributed by atoms with Gasteiger partial charge >= 0.3 is 0 Å². The topological polar surface area (TPSA) is 60.7 Å². The molecule has 1 aliphatic rings. The molecule has 0 spiro atoms. The zero-order valence-corrected chi connectivity index (χ0v) is 16.3. The van der Waals surface area contributed by atoms with Gasteiger partial charge in [-0.2, -0.15) is 5.26 Å². The van der Waals surface area contributed by atoms with E-state index in [9.17, 15) is 5.26 Å². The van der Waals surface area contributed by atoms with E-state index in [2.05, 4.69) is 40.7 Å². The van der Waals surface area contributed by atoms with Gasteiger partial charge in [-0.05, 0) is 37.6 Å². The van der Waals surface area contributed by atoms with Gasteiger partial charge in [0.2, 0.25) is 11.4 Å². The van der Waals surface area contributed by atoms with Gasteiger partial charge in [0.15, 0.2) is 0 Å². The molecule has 6 nitrogen and oxygen atoms in total. The molecule has 1 atom stereocenters. The number of pyridine rings is 1. The summed E-state index contributed by atoms with van der Waals surface area (Å²) in [5.74, 6) is 0. The Morgan fingerprint density at radius 3 is 2.79 bits per heavy atom. The van der Waals surface area contributed by atoms with Crippen molar-refractivity contribution < 1.29 is 4.42 Å². The highest BCUT2D eigenvalue weighted by molar-refractivity contribution is 6.06. The molecule has 0 bridgehead atoms. The molecular formula is C23H17N5O. The highest BCUT2D eigenvalue weighted by Crippen LogP contribution is 2.51. The van der Waals surface area contributed by atoms with E-state index < -0.39 is 0 Å². The van der Waals surface area contributed by atoms with E-state index in [1.54, 1.807) is 18.3 Å². The Hall–Kier alpha value is -4.03. The van der Waals surface area contributed by atoms with E-state index in [-0.39, 0.29) is 6.17 Å². The minimum Gasteiger partial charge on any atom is -0.438 e. The van der Waals surface area contributed by atoms with E-state index in [0.717, 1.165) is 39.0 Å². The van der Waals surface area contributed by atoms with E-state index in [0.29, 0.717) is 17.0 Å². The summed E-state index contributed by atoms with van der Waals surface area (Å²) in [5.41, 5.74) is 6.04. The number of furan rings is 1. The molecule has 2 aromatic carbocycles. The van der Waals surface area contributed by atoms with Gasteiger partial charge in [-0.25, -0.2) is 9.83 Å². The van der Waals surface area contributed by atoms with Crippen molar-refractivity contribution in [3.8, 4) is 6.07 Å². The Balaban J connectivity index is 1.80. The Morgan fingerprint density at radius 2 is 2.03 bits per heavy atom. The Bertz CT molecular complexity index is 1390. The van der Waals surface area contributed by atoms with Crippen molar-refractivity contribution in [3.63, 3.8) is 0 Å².